The van der Waals surface area contributed by atoms with Crippen LogP contribution in [0.4, 0.5) is 0 Å². The van der Waals surface area contributed by atoms with Crippen LogP contribution in [0, 0.1) is 5.92 Å². The molecule has 4 rings (SSSR count). The fraction of sp³-hybridized carbons (Fsp3) is 0.421. The SMILES string of the molecule is CC(C)C[C@H](NC(=O)[C@H](CCc1ccccc1)NC(=O)CN1CCOCC1)C(=O)N[C@H](Cc1ccccc1)C(=O)OCc1ccccc1. The number of carbonyl (C=O) groups excluding carboxylic acids is 4. The average molecular weight is 657 g/mol. The van der Waals surface area contributed by atoms with E-state index in [1.54, 1.807) is 0 Å². The number of nitrogens with zero attached hydrogens (tertiary/aromatic N) is 1. The van der Waals surface area contributed by atoms with E-state index >= 15 is 0 Å². The summed E-state index contributed by atoms with van der Waals surface area (Å²) in [7, 11) is 0. The van der Waals surface area contributed by atoms with E-state index in [2.05, 4.69) is 16.0 Å². The van der Waals surface area contributed by atoms with Gasteiger partial charge in [-0.05, 0) is 41.9 Å². The third-order valence-corrected chi connectivity index (χ3v) is 8.13. The van der Waals surface area contributed by atoms with Gasteiger partial charge in [-0.25, -0.2) is 4.79 Å². The Morgan fingerprint density at radius 3 is 1.85 bits per heavy atom. The first kappa shape index (κ1) is 36.3. The minimum absolute atomic E-state index is 0.0531. The van der Waals surface area contributed by atoms with E-state index in [-0.39, 0.29) is 31.4 Å². The third kappa shape index (κ3) is 12.6. The van der Waals surface area contributed by atoms with E-state index in [1.165, 1.54) is 0 Å². The van der Waals surface area contributed by atoms with Crippen LogP contribution in [0.2, 0.25) is 0 Å². The van der Waals surface area contributed by atoms with E-state index < -0.39 is 35.9 Å². The molecule has 1 aliphatic heterocycles. The van der Waals surface area contributed by atoms with Crippen LogP contribution in [0.15, 0.2) is 91.0 Å². The summed E-state index contributed by atoms with van der Waals surface area (Å²) in [5, 5.41) is 8.69. The second-order valence-electron chi connectivity index (χ2n) is 12.6. The van der Waals surface area contributed by atoms with Crippen molar-refractivity contribution in [1.29, 1.82) is 0 Å². The van der Waals surface area contributed by atoms with Gasteiger partial charge in [0.25, 0.3) is 0 Å². The maximum atomic E-state index is 13.8. The summed E-state index contributed by atoms with van der Waals surface area (Å²) < 4.78 is 11.0. The van der Waals surface area contributed by atoms with Crippen molar-refractivity contribution in [2.24, 2.45) is 5.92 Å². The number of esters is 1. The molecule has 0 bridgehead atoms. The van der Waals surface area contributed by atoms with E-state index in [9.17, 15) is 19.2 Å². The topological polar surface area (TPSA) is 126 Å². The molecular formula is C38H48N4O6. The molecule has 0 saturated carbocycles. The molecular weight excluding hydrogens is 608 g/mol. The van der Waals surface area contributed by atoms with Crippen molar-refractivity contribution in [1.82, 2.24) is 20.9 Å². The number of rotatable bonds is 17. The molecule has 1 heterocycles. The molecule has 1 aliphatic rings. The minimum atomic E-state index is -0.975. The fourth-order valence-electron chi connectivity index (χ4n) is 5.55. The Labute approximate surface area is 283 Å². The van der Waals surface area contributed by atoms with Gasteiger partial charge in [0, 0.05) is 19.5 Å². The first-order valence-electron chi connectivity index (χ1n) is 16.8. The number of aryl methyl sites for hydroxylation is 1. The average Bonchev–Trinajstić information content (AvgIpc) is 3.10. The van der Waals surface area contributed by atoms with Crippen LogP contribution in [0.1, 0.15) is 43.4 Å². The number of hydrogen-bond donors (Lipinski definition) is 3. The first-order chi connectivity index (χ1) is 23.3. The van der Waals surface area contributed by atoms with Crippen LogP contribution in [-0.4, -0.2) is 79.6 Å². The van der Waals surface area contributed by atoms with Crippen molar-refractivity contribution in [3.8, 4) is 0 Å². The van der Waals surface area contributed by atoms with Gasteiger partial charge in [-0.2, -0.15) is 0 Å². The van der Waals surface area contributed by atoms with Gasteiger partial charge in [-0.1, -0.05) is 105 Å². The zero-order valence-electron chi connectivity index (χ0n) is 27.9. The molecule has 0 radical (unpaired) electrons. The molecule has 0 aliphatic carbocycles. The van der Waals surface area contributed by atoms with Gasteiger partial charge in [0.15, 0.2) is 0 Å². The van der Waals surface area contributed by atoms with E-state index in [0.29, 0.717) is 45.6 Å². The normalized spacial score (nSPS) is 15.1. The lowest BCUT2D eigenvalue weighted by atomic mass is 10.00. The quantitative estimate of drug-likeness (QED) is 0.190. The lowest BCUT2D eigenvalue weighted by Gasteiger charge is -2.28. The molecule has 1 fully saturated rings. The Hall–Kier alpha value is -4.54. The van der Waals surface area contributed by atoms with E-state index in [1.807, 2.05) is 110 Å². The van der Waals surface area contributed by atoms with Gasteiger partial charge in [0.05, 0.1) is 19.8 Å². The molecule has 10 heteroatoms. The van der Waals surface area contributed by atoms with Crippen molar-refractivity contribution < 1.29 is 28.7 Å². The lowest BCUT2D eigenvalue weighted by molar-refractivity contribution is -0.149. The van der Waals surface area contributed by atoms with Gasteiger partial charge in [-0.3, -0.25) is 19.3 Å². The Balaban J connectivity index is 1.46. The van der Waals surface area contributed by atoms with Crippen molar-refractivity contribution >= 4 is 23.7 Å². The first-order valence-corrected chi connectivity index (χ1v) is 16.8. The third-order valence-electron chi connectivity index (χ3n) is 8.13. The fourth-order valence-corrected chi connectivity index (χ4v) is 5.55. The lowest BCUT2D eigenvalue weighted by Crippen LogP contribution is -2.57. The van der Waals surface area contributed by atoms with Crippen LogP contribution in [0.25, 0.3) is 0 Å². The molecule has 3 amide bonds. The summed E-state index contributed by atoms with van der Waals surface area (Å²) in [6.45, 7) is 6.54. The van der Waals surface area contributed by atoms with E-state index in [0.717, 1.165) is 16.7 Å². The largest absolute Gasteiger partial charge is 0.459 e. The molecule has 0 spiro atoms. The smallest absolute Gasteiger partial charge is 0.329 e. The van der Waals surface area contributed by atoms with Gasteiger partial charge >= 0.3 is 5.97 Å². The number of morpholine rings is 1. The molecule has 3 N–H and O–H groups in total. The Kier molecular flexibility index (Phi) is 14.6. The maximum absolute atomic E-state index is 13.8. The number of amides is 3. The monoisotopic (exact) mass is 656 g/mol. The van der Waals surface area contributed by atoms with Crippen LogP contribution < -0.4 is 16.0 Å². The predicted molar refractivity (Wildman–Crippen MR) is 184 cm³/mol. The number of ether oxygens (including phenoxy) is 2. The molecule has 3 aromatic carbocycles. The molecule has 3 atom stereocenters. The van der Waals surface area contributed by atoms with Gasteiger partial charge in [0.1, 0.15) is 24.7 Å². The summed E-state index contributed by atoms with van der Waals surface area (Å²) in [6, 6.07) is 25.7. The maximum Gasteiger partial charge on any atom is 0.329 e. The number of benzene rings is 3. The van der Waals surface area contributed by atoms with Crippen molar-refractivity contribution in [2.45, 2.75) is 64.3 Å². The molecule has 3 aromatic rings. The molecule has 48 heavy (non-hydrogen) atoms. The number of nitrogens with one attached hydrogen (secondary N) is 3. The van der Waals surface area contributed by atoms with Crippen LogP contribution in [0.3, 0.4) is 0 Å². The van der Waals surface area contributed by atoms with E-state index in [4.69, 9.17) is 9.47 Å². The highest BCUT2D eigenvalue weighted by Crippen LogP contribution is 2.12. The molecule has 0 unspecified atom stereocenters. The number of carbonyl (C=O) groups is 4. The van der Waals surface area contributed by atoms with Crippen LogP contribution in [-0.2, 0) is 48.1 Å². The number of hydrogen-bond acceptors (Lipinski definition) is 7. The van der Waals surface area contributed by atoms with Crippen LogP contribution >= 0.6 is 0 Å². The van der Waals surface area contributed by atoms with Crippen molar-refractivity contribution in [3.05, 3.63) is 108 Å². The summed E-state index contributed by atoms with van der Waals surface area (Å²) in [5.41, 5.74) is 2.72. The van der Waals surface area contributed by atoms with Gasteiger partial charge in [-0.15, -0.1) is 0 Å². The summed E-state index contributed by atoms with van der Waals surface area (Å²) in [4.78, 5) is 56.1. The Morgan fingerprint density at radius 2 is 1.25 bits per heavy atom. The second-order valence-corrected chi connectivity index (χ2v) is 12.6. The van der Waals surface area contributed by atoms with Gasteiger partial charge in [0.2, 0.25) is 17.7 Å². The second kappa shape index (κ2) is 19.3. The summed E-state index contributed by atoms with van der Waals surface area (Å²) >= 11 is 0. The highest BCUT2D eigenvalue weighted by molar-refractivity contribution is 5.93. The molecule has 0 aromatic heterocycles. The zero-order valence-corrected chi connectivity index (χ0v) is 27.9. The minimum Gasteiger partial charge on any atom is -0.459 e. The standard InChI is InChI=1S/C38H48N4O6/c1-28(2)24-33(37(45)41-34(25-30-14-8-4-9-15-30)38(46)48-27-31-16-10-5-11-17-31)40-36(44)32(19-18-29-12-6-3-7-13-29)39-35(43)26-42-20-22-47-23-21-42/h3-17,28,32-34H,18-27H2,1-2H3,(H,39,43)(H,40,44)(H,41,45)/t32-,33-,34+/m0/s1. The van der Waals surface area contributed by atoms with Crippen molar-refractivity contribution in [3.63, 3.8) is 0 Å². The van der Waals surface area contributed by atoms with Crippen molar-refractivity contribution in [2.75, 3.05) is 32.8 Å². The Morgan fingerprint density at radius 1 is 0.708 bits per heavy atom. The zero-order chi connectivity index (χ0) is 34.1. The summed E-state index contributed by atoms with van der Waals surface area (Å²) in [6.07, 6.45) is 1.47. The van der Waals surface area contributed by atoms with Gasteiger partial charge < -0.3 is 25.4 Å². The predicted octanol–water partition coefficient (Wildman–Crippen LogP) is 3.44. The molecule has 10 nitrogen and oxygen atoms in total. The highest BCUT2D eigenvalue weighted by atomic mass is 16.5. The summed E-state index contributed by atoms with van der Waals surface area (Å²) in [5.74, 6) is -1.72. The molecule has 256 valence electrons. The highest BCUT2D eigenvalue weighted by Gasteiger charge is 2.31. The Bertz CT molecular complexity index is 1430. The van der Waals surface area contributed by atoms with Crippen LogP contribution in [0.5, 0.6) is 0 Å². The molecule has 1 saturated heterocycles.